The molecule has 1 aromatic carbocycles. The number of nitrogens with one attached hydrogen (secondary N) is 1. The summed E-state index contributed by atoms with van der Waals surface area (Å²) in [4.78, 5) is 0. The summed E-state index contributed by atoms with van der Waals surface area (Å²) in [5.74, 6) is -0.134. The lowest BCUT2D eigenvalue weighted by molar-refractivity contribution is 0.234. The van der Waals surface area contributed by atoms with Crippen LogP contribution < -0.4 is 5.32 Å². The predicted molar refractivity (Wildman–Crippen MR) is 81.0 cm³/mol. The maximum atomic E-state index is 13.2. The Morgan fingerprint density at radius 1 is 1.26 bits per heavy atom. The summed E-state index contributed by atoms with van der Waals surface area (Å²) in [6.07, 6.45) is 5.92. The standard InChI is InChI=1S/C17H28FN/c1-5-7-10-17(6-2,13-19-4)12-15-8-9-16(18)11-14(15)3/h8-9,11,19H,5-7,10,12-13H2,1-4H3. The second-order valence-corrected chi connectivity index (χ2v) is 5.74. The molecule has 0 aromatic heterocycles. The molecule has 1 aromatic rings. The van der Waals surface area contributed by atoms with Crippen molar-refractivity contribution in [2.24, 2.45) is 5.41 Å². The molecule has 19 heavy (non-hydrogen) atoms. The lowest BCUT2D eigenvalue weighted by Gasteiger charge is -2.33. The Morgan fingerprint density at radius 2 is 2.00 bits per heavy atom. The fraction of sp³-hybridized carbons (Fsp3) is 0.647. The fourth-order valence-corrected chi connectivity index (χ4v) is 2.85. The van der Waals surface area contributed by atoms with Crippen molar-refractivity contribution in [3.05, 3.63) is 35.1 Å². The molecule has 1 atom stereocenters. The van der Waals surface area contributed by atoms with E-state index < -0.39 is 0 Å². The lowest BCUT2D eigenvalue weighted by atomic mass is 9.74. The van der Waals surface area contributed by atoms with Crippen molar-refractivity contribution in [1.82, 2.24) is 5.32 Å². The average Bonchev–Trinajstić information content (AvgIpc) is 2.39. The molecule has 0 amide bonds. The van der Waals surface area contributed by atoms with E-state index in [1.807, 2.05) is 20.0 Å². The maximum Gasteiger partial charge on any atom is 0.123 e. The monoisotopic (exact) mass is 265 g/mol. The van der Waals surface area contributed by atoms with Gasteiger partial charge in [-0.1, -0.05) is 32.8 Å². The molecule has 0 aliphatic rings. The van der Waals surface area contributed by atoms with Crippen LogP contribution in [0.1, 0.15) is 50.7 Å². The first-order valence-electron chi connectivity index (χ1n) is 7.46. The van der Waals surface area contributed by atoms with Gasteiger partial charge >= 0.3 is 0 Å². The summed E-state index contributed by atoms with van der Waals surface area (Å²) in [5.41, 5.74) is 2.66. The van der Waals surface area contributed by atoms with Gasteiger partial charge in [-0.15, -0.1) is 0 Å². The van der Waals surface area contributed by atoms with Crippen LogP contribution in [0.3, 0.4) is 0 Å². The predicted octanol–water partition coefficient (Wildman–Crippen LogP) is 4.48. The summed E-state index contributed by atoms with van der Waals surface area (Å²) in [6.45, 7) is 7.55. The Balaban J connectivity index is 2.91. The molecular weight excluding hydrogens is 237 g/mol. The molecule has 0 aliphatic carbocycles. The van der Waals surface area contributed by atoms with E-state index in [0.29, 0.717) is 5.41 Å². The second kappa shape index (κ2) is 7.64. The molecule has 1 unspecified atom stereocenters. The molecule has 0 fully saturated rings. The normalized spacial score (nSPS) is 14.4. The zero-order valence-electron chi connectivity index (χ0n) is 12.9. The summed E-state index contributed by atoms with van der Waals surface area (Å²) < 4.78 is 13.2. The van der Waals surface area contributed by atoms with E-state index in [1.165, 1.54) is 24.8 Å². The fourth-order valence-electron chi connectivity index (χ4n) is 2.85. The van der Waals surface area contributed by atoms with Gasteiger partial charge in [0.2, 0.25) is 0 Å². The molecule has 1 nitrogen and oxygen atoms in total. The van der Waals surface area contributed by atoms with Gasteiger partial charge in [-0.2, -0.15) is 0 Å². The zero-order chi connectivity index (χ0) is 14.3. The Kier molecular flexibility index (Phi) is 6.50. The van der Waals surface area contributed by atoms with Gasteiger partial charge in [-0.25, -0.2) is 4.39 Å². The molecule has 1 N–H and O–H groups in total. The molecule has 2 heteroatoms. The zero-order valence-corrected chi connectivity index (χ0v) is 12.9. The first-order chi connectivity index (χ1) is 9.06. The van der Waals surface area contributed by atoms with Gasteiger partial charge in [-0.05, 0) is 61.9 Å². The minimum absolute atomic E-state index is 0.134. The van der Waals surface area contributed by atoms with Gasteiger partial charge in [0.15, 0.2) is 0 Å². The van der Waals surface area contributed by atoms with Crippen LogP contribution in [0.15, 0.2) is 18.2 Å². The Bertz CT molecular complexity index is 389. The van der Waals surface area contributed by atoms with E-state index >= 15 is 0 Å². The van der Waals surface area contributed by atoms with Crippen molar-refractivity contribution in [3.8, 4) is 0 Å². The van der Waals surface area contributed by atoms with Crippen molar-refractivity contribution in [2.75, 3.05) is 13.6 Å². The number of benzene rings is 1. The number of rotatable bonds is 8. The third-order valence-corrected chi connectivity index (χ3v) is 4.23. The van der Waals surface area contributed by atoms with Gasteiger partial charge in [0.05, 0.1) is 0 Å². The van der Waals surface area contributed by atoms with E-state index in [9.17, 15) is 4.39 Å². The van der Waals surface area contributed by atoms with Gasteiger partial charge < -0.3 is 5.32 Å². The SMILES string of the molecule is CCCCC(CC)(CNC)Cc1ccc(F)cc1C. The van der Waals surface area contributed by atoms with Crippen molar-refractivity contribution >= 4 is 0 Å². The van der Waals surface area contributed by atoms with Gasteiger partial charge in [0.25, 0.3) is 0 Å². The summed E-state index contributed by atoms with van der Waals surface area (Å²) in [6, 6.07) is 5.19. The summed E-state index contributed by atoms with van der Waals surface area (Å²) >= 11 is 0. The third kappa shape index (κ3) is 4.61. The van der Waals surface area contributed by atoms with E-state index in [1.54, 1.807) is 12.1 Å². The van der Waals surface area contributed by atoms with E-state index in [4.69, 9.17) is 0 Å². The van der Waals surface area contributed by atoms with E-state index in [-0.39, 0.29) is 5.82 Å². The average molecular weight is 265 g/mol. The minimum Gasteiger partial charge on any atom is -0.319 e. The van der Waals surface area contributed by atoms with Crippen LogP contribution in [0, 0.1) is 18.2 Å². The molecule has 0 saturated carbocycles. The van der Waals surface area contributed by atoms with Crippen molar-refractivity contribution in [1.29, 1.82) is 0 Å². The summed E-state index contributed by atoms with van der Waals surface area (Å²) in [5, 5.41) is 3.35. The Hall–Kier alpha value is -0.890. The number of hydrogen-bond donors (Lipinski definition) is 1. The largest absolute Gasteiger partial charge is 0.319 e. The highest BCUT2D eigenvalue weighted by atomic mass is 19.1. The minimum atomic E-state index is -0.134. The molecule has 0 spiro atoms. The molecular formula is C17H28FN. The van der Waals surface area contributed by atoms with E-state index in [0.717, 1.165) is 24.9 Å². The van der Waals surface area contributed by atoms with Crippen LogP contribution in [0.2, 0.25) is 0 Å². The van der Waals surface area contributed by atoms with Crippen LogP contribution in [-0.2, 0) is 6.42 Å². The quantitative estimate of drug-likeness (QED) is 0.730. The Morgan fingerprint density at radius 3 is 2.53 bits per heavy atom. The van der Waals surface area contributed by atoms with Crippen molar-refractivity contribution in [3.63, 3.8) is 0 Å². The molecule has 0 bridgehead atoms. The van der Waals surface area contributed by atoms with E-state index in [2.05, 4.69) is 19.2 Å². The van der Waals surface area contributed by atoms with Gasteiger partial charge in [0.1, 0.15) is 5.82 Å². The smallest absolute Gasteiger partial charge is 0.123 e. The van der Waals surface area contributed by atoms with Crippen LogP contribution >= 0.6 is 0 Å². The first kappa shape index (κ1) is 16.2. The molecule has 1 rings (SSSR count). The van der Waals surface area contributed by atoms with Crippen LogP contribution in [0.25, 0.3) is 0 Å². The third-order valence-electron chi connectivity index (χ3n) is 4.23. The lowest BCUT2D eigenvalue weighted by Crippen LogP contribution is -2.34. The van der Waals surface area contributed by atoms with Crippen LogP contribution in [0.4, 0.5) is 4.39 Å². The summed E-state index contributed by atoms with van der Waals surface area (Å²) in [7, 11) is 2.02. The highest BCUT2D eigenvalue weighted by Gasteiger charge is 2.27. The van der Waals surface area contributed by atoms with Crippen LogP contribution in [-0.4, -0.2) is 13.6 Å². The van der Waals surface area contributed by atoms with Crippen molar-refractivity contribution < 1.29 is 4.39 Å². The topological polar surface area (TPSA) is 12.0 Å². The molecule has 0 radical (unpaired) electrons. The number of hydrogen-bond acceptors (Lipinski definition) is 1. The molecule has 0 heterocycles. The van der Waals surface area contributed by atoms with Crippen molar-refractivity contribution in [2.45, 2.75) is 52.9 Å². The number of unbranched alkanes of at least 4 members (excludes halogenated alkanes) is 1. The second-order valence-electron chi connectivity index (χ2n) is 5.74. The molecule has 0 saturated heterocycles. The highest BCUT2D eigenvalue weighted by molar-refractivity contribution is 5.27. The number of aryl methyl sites for hydroxylation is 1. The number of halogens is 1. The van der Waals surface area contributed by atoms with Crippen LogP contribution in [0.5, 0.6) is 0 Å². The molecule has 0 aliphatic heterocycles. The van der Waals surface area contributed by atoms with Gasteiger partial charge in [-0.3, -0.25) is 0 Å². The highest BCUT2D eigenvalue weighted by Crippen LogP contribution is 2.33. The maximum absolute atomic E-state index is 13.2. The molecule has 108 valence electrons. The Labute approximate surface area is 117 Å². The van der Waals surface area contributed by atoms with Gasteiger partial charge in [0, 0.05) is 6.54 Å². The first-order valence-corrected chi connectivity index (χ1v) is 7.46.